The van der Waals surface area contributed by atoms with E-state index in [9.17, 15) is 14.4 Å². The van der Waals surface area contributed by atoms with Gasteiger partial charge in [0.15, 0.2) is 0 Å². The Hall–Kier alpha value is -4.46. The lowest BCUT2D eigenvalue weighted by molar-refractivity contribution is 0.0773. The predicted octanol–water partition coefficient (Wildman–Crippen LogP) is 2.72. The molecule has 0 aliphatic heterocycles. The zero-order chi connectivity index (χ0) is 24.1. The number of methoxy groups -OCH3 is 1. The summed E-state index contributed by atoms with van der Waals surface area (Å²) in [5.41, 5.74) is 0.315. The molecular weight excluding hydrogens is 432 g/mol. The lowest BCUT2D eigenvalue weighted by Gasteiger charge is -2.18. The van der Waals surface area contributed by atoms with Gasteiger partial charge in [-0.25, -0.2) is 4.79 Å². The smallest absolute Gasteiger partial charge is 0.352 e. The van der Waals surface area contributed by atoms with Gasteiger partial charge in [0.1, 0.15) is 5.75 Å². The van der Waals surface area contributed by atoms with Gasteiger partial charge in [0.05, 0.1) is 19.3 Å². The van der Waals surface area contributed by atoms with Crippen LogP contribution in [-0.4, -0.2) is 39.3 Å². The number of carbonyl (C=O) groups is 1. The van der Waals surface area contributed by atoms with Crippen LogP contribution in [-0.2, 0) is 13.1 Å². The van der Waals surface area contributed by atoms with Crippen molar-refractivity contribution in [3.05, 3.63) is 123 Å². The van der Waals surface area contributed by atoms with Crippen molar-refractivity contribution in [2.75, 3.05) is 14.2 Å². The summed E-state index contributed by atoms with van der Waals surface area (Å²) >= 11 is 0. The third kappa shape index (κ3) is 4.80. The van der Waals surface area contributed by atoms with E-state index in [0.717, 1.165) is 20.4 Å². The molecule has 172 valence electrons. The van der Waals surface area contributed by atoms with Crippen LogP contribution in [0.4, 0.5) is 0 Å². The molecule has 1 heterocycles. The Morgan fingerprint density at radius 2 is 1.56 bits per heavy atom. The fraction of sp³-hybridized carbons (Fsp3) is 0.154. The monoisotopic (exact) mass is 456 g/mol. The fourth-order valence-electron chi connectivity index (χ4n) is 3.57. The average molecular weight is 457 g/mol. The van der Waals surface area contributed by atoms with Gasteiger partial charge < -0.3 is 9.64 Å². The van der Waals surface area contributed by atoms with Gasteiger partial charge in [0.2, 0.25) is 5.69 Å². The van der Waals surface area contributed by atoms with E-state index in [-0.39, 0.29) is 18.8 Å². The minimum atomic E-state index is -0.738. The van der Waals surface area contributed by atoms with E-state index in [1.165, 1.54) is 12.0 Å². The molecule has 0 radical (unpaired) electrons. The second-order valence-electron chi connectivity index (χ2n) is 7.77. The van der Waals surface area contributed by atoms with Gasteiger partial charge in [0, 0.05) is 19.7 Å². The highest BCUT2D eigenvalue weighted by atomic mass is 16.5. The van der Waals surface area contributed by atoms with Gasteiger partial charge in [-0.05, 0) is 23.3 Å². The molecule has 8 heteroatoms. The Labute approximate surface area is 196 Å². The summed E-state index contributed by atoms with van der Waals surface area (Å²) in [5.74, 6) is -0.0617. The van der Waals surface area contributed by atoms with Crippen LogP contribution in [0.3, 0.4) is 0 Å². The third-order valence-electron chi connectivity index (χ3n) is 5.35. The predicted molar refractivity (Wildman–Crippen MR) is 128 cm³/mol. The Balaban J connectivity index is 1.83. The van der Waals surface area contributed by atoms with Crippen LogP contribution < -0.4 is 16.0 Å². The van der Waals surface area contributed by atoms with Crippen molar-refractivity contribution in [1.29, 1.82) is 0 Å². The summed E-state index contributed by atoms with van der Waals surface area (Å²) in [4.78, 5) is 41.4. The van der Waals surface area contributed by atoms with Gasteiger partial charge in [-0.15, -0.1) is 0 Å². The number of carbonyl (C=O) groups excluding carboxylic acids is 1. The van der Waals surface area contributed by atoms with Crippen LogP contribution in [0.25, 0.3) is 5.69 Å². The molecule has 3 aromatic carbocycles. The molecule has 0 spiro atoms. The van der Waals surface area contributed by atoms with Crippen molar-refractivity contribution in [2.45, 2.75) is 13.1 Å². The Morgan fingerprint density at radius 1 is 0.912 bits per heavy atom. The summed E-state index contributed by atoms with van der Waals surface area (Å²) in [6, 6.07) is 25.3. The molecule has 4 rings (SSSR count). The lowest BCUT2D eigenvalue weighted by Crippen LogP contribution is -2.46. The van der Waals surface area contributed by atoms with Gasteiger partial charge in [-0.2, -0.15) is 9.78 Å². The summed E-state index contributed by atoms with van der Waals surface area (Å²) < 4.78 is 7.36. The molecule has 8 nitrogen and oxygen atoms in total. The quantitative estimate of drug-likeness (QED) is 0.427. The maximum Gasteiger partial charge on any atom is 0.352 e. The number of rotatable bonds is 7. The molecule has 1 aromatic heterocycles. The molecule has 0 N–H and O–H groups in total. The van der Waals surface area contributed by atoms with E-state index in [0.29, 0.717) is 11.4 Å². The summed E-state index contributed by atoms with van der Waals surface area (Å²) in [6.07, 6.45) is 0. The van der Waals surface area contributed by atoms with Crippen LogP contribution >= 0.6 is 0 Å². The first-order valence-electron chi connectivity index (χ1n) is 10.7. The number of hydrogen-bond acceptors (Lipinski definition) is 5. The molecule has 0 fully saturated rings. The Kier molecular flexibility index (Phi) is 6.68. The van der Waals surface area contributed by atoms with Crippen molar-refractivity contribution >= 4 is 5.91 Å². The summed E-state index contributed by atoms with van der Waals surface area (Å²) in [5, 5.41) is 4.21. The van der Waals surface area contributed by atoms with Crippen molar-refractivity contribution < 1.29 is 9.53 Å². The average Bonchev–Trinajstić information content (AvgIpc) is 2.87. The molecule has 0 unspecified atom stereocenters. The van der Waals surface area contributed by atoms with Crippen molar-refractivity contribution in [3.63, 3.8) is 0 Å². The van der Waals surface area contributed by atoms with Crippen molar-refractivity contribution in [3.8, 4) is 11.4 Å². The maximum absolute atomic E-state index is 13.3. The van der Waals surface area contributed by atoms with Crippen LogP contribution in [0.1, 0.15) is 21.6 Å². The van der Waals surface area contributed by atoms with E-state index in [1.54, 1.807) is 31.3 Å². The number of nitrogens with zero attached hydrogens (tertiary/aromatic N) is 4. The number of benzene rings is 3. The molecule has 0 aliphatic carbocycles. The van der Waals surface area contributed by atoms with E-state index < -0.39 is 17.2 Å². The third-order valence-corrected chi connectivity index (χ3v) is 5.35. The van der Waals surface area contributed by atoms with Crippen molar-refractivity contribution in [1.82, 2.24) is 19.2 Å². The van der Waals surface area contributed by atoms with Gasteiger partial charge in [-0.3, -0.25) is 14.2 Å². The second-order valence-corrected chi connectivity index (χ2v) is 7.77. The minimum absolute atomic E-state index is 0.00761. The van der Waals surface area contributed by atoms with Crippen molar-refractivity contribution in [2.24, 2.45) is 0 Å². The van der Waals surface area contributed by atoms with Crippen LogP contribution in [0.5, 0.6) is 5.75 Å². The molecule has 34 heavy (non-hydrogen) atoms. The highest BCUT2D eigenvalue weighted by molar-refractivity contribution is 5.91. The number of aromatic nitrogens is 3. The summed E-state index contributed by atoms with van der Waals surface area (Å²) in [7, 11) is 3.11. The van der Waals surface area contributed by atoms with E-state index in [1.807, 2.05) is 60.7 Å². The number of amides is 1. The van der Waals surface area contributed by atoms with Crippen LogP contribution in [0.15, 0.2) is 94.5 Å². The normalized spacial score (nSPS) is 10.6. The molecule has 0 saturated heterocycles. The first-order valence-corrected chi connectivity index (χ1v) is 10.7. The van der Waals surface area contributed by atoms with Gasteiger partial charge in [-0.1, -0.05) is 66.7 Å². The highest BCUT2D eigenvalue weighted by Gasteiger charge is 2.23. The van der Waals surface area contributed by atoms with Gasteiger partial charge >= 0.3 is 5.69 Å². The summed E-state index contributed by atoms with van der Waals surface area (Å²) in [6.45, 7) is 0.297. The Morgan fingerprint density at radius 3 is 2.21 bits per heavy atom. The molecule has 0 aliphatic rings. The first-order chi connectivity index (χ1) is 16.5. The number of ether oxygens (including phenoxy) is 1. The molecule has 4 aromatic rings. The van der Waals surface area contributed by atoms with E-state index in [2.05, 4.69) is 5.10 Å². The van der Waals surface area contributed by atoms with E-state index >= 15 is 0 Å². The maximum atomic E-state index is 13.3. The zero-order valence-corrected chi connectivity index (χ0v) is 18.9. The highest BCUT2D eigenvalue weighted by Crippen LogP contribution is 2.14. The zero-order valence-electron chi connectivity index (χ0n) is 18.9. The SMILES string of the molecule is COc1cccc(-n2nc(C(=O)N(C)Cc3ccccc3)c(=O)n(Cc3ccccc3)c2=O)c1. The lowest BCUT2D eigenvalue weighted by atomic mass is 10.2. The van der Waals surface area contributed by atoms with Gasteiger partial charge in [0.25, 0.3) is 11.5 Å². The van der Waals surface area contributed by atoms with Crippen LogP contribution in [0, 0.1) is 0 Å². The van der Waals surface area contributed by atoms with Crippen LogP contribution in [0.2, 0.25) is 0 Å². The second kappa shape index (κ2) is 9.99. The molecule has 0 bridgehead atoms. The molecule has 0 saturated carbocycles. The Bertz CT molecular complexity index is 1410. The first kappa shape index (κ1) is 22.7. The molecule has 0 atom stereocenters. The fourth-order valence-corrected chi connectivity index (χ4v) is 3.57. The van der Waals surface area contributed by atoms with E-state index in [4.69, 9.17) is 4.74 Å². The largest absolute Gasteiger partial charge is 0.497 e. The topological polar surface area (TPSA) is 86.4 Å². The standard InChI is InChI=1S/C26H24N4O4/c1-28(17-19-10-5-3-6-11-19)24(31)23-25(32)29(18-20-12-7-4-8-13-20)26(33)30(27-23)21-14-9-15-22(16-21)34-2/h3-16H,17-18H2,1-2H3. The molecule has 1 amide bonds. The molecular formula is C26H24N4O4. The number of hydrogen-bond donors (Lipinski definition) is 0. The minimum Gasteiger partial charge on any atom is -0.497 e.